The zero-order valence-electron chi connectivity index (χ0n) is 10.8. The third kappa shape index (κ3) is 3.06. The molecule has 2 rings (SSSR count). The van der Waals surface area contributed by atoms with Crippen molar-refractivity contribution in [1.29, 1.82) is 0 Å². The minimum absolute atomic E-state index is 0.435. The van der Waals surface area contributed by atoms with Crippen molar-refractivity contribution in [2.45, 2.75) is 0 Å². The summed E-state index contributed by atoms with van der Waals surface area (Å²) in [6.45, 7) is 0.435. The van der Waals surface area contributed by atoms with E-state index in [0.717, 1.165) is 16.8 Å². The second-order valence-electron chi connectivity index (χ2n) is 4.30. The van der Waals surface area contributed by atoms with Gasteiger partial charge in [-0.15, -0.1) is 0 Å². The molecule has 0 saturated heterocycles. The molecule has 0 aromatic heterocycles. The Morgan fingerprint density at radius 1 is 1.05 bits per heavy atom. The molecule has 0 unspecified atom stereocenters. The largest absolute Gasteiger partial charge is 0.427 e. The van der Waals surface area contributed by atoms with Crippen molar-refractivity contribution in [1.82, 2.24) is 0 Å². The highest BCUT2D eigenvalue weighted by molar-refractivity contribution is 6.30. The van der Waals surface area contributed by atoms with E-state index in [-0.39, 0.29) is 0 Å². The molecule has 2 aromatic rings. The van der Waals surface area contributed by atoms with Crippen LogP contribution in [-0.4, -0.2) is 20.6 Å². The predicted octanol–water partition coefficient (Wildman–Crippen LogP) is 3.61. The van der Waals surface area contributed by atoms with Gasteiger partial charge in [0.2, 0.25) is 0 Å². The van der Waals surface area contributed by atoms with Crippen LogP contribution in [0.1, 0.15) is 0 Å². The molecule has 98 valence electrons. The van der Waals surface area contributed by atoms with Crippen molar-refractivity contribution in [3.05, 3.63) is 47.5 Å². The van der Waals surface area contributed by atoms with Crippen molar-refractivity contribution in [2.24, 2.45) is 0 Å². The first-order valence-corrected chi connectivity index (χ1v) is 6.17. The molecule has 2 aromatic carbocycles. The van der Waals surface area contributed by atoms with Crippen LogP contribution in [0.25, 0.3) is 11.1 Å². The lowest BCUT2D eigenvalue weighted by atomic mass is 10.0. The smallest absolute Gasteiger partial charge is 0.298 e. The van der Waals surface area contributed by atoms with Crippen LogP contribution in [-0.2, 0) is 4.79 Å². The topological polar surface area (TPSA) is 29.5 Å². The summed E-state index contributed by atoms with van der Waals surface area (Å²) in [5.74, 6) is 0.540. The zero-order chi connectivity index (χ0) is 13.8. The number of carbonyl (C=O) groups excluding carboxylic acids is 1. The normalized spacial score (nSPS) is 10.1. The summed E-state index contributed by atoms with van der Waals surface area (Å²) < 4.78 is 4.96. The molecule has 0 atom stereocenters. The van der Waals surface area contributed by atoms with E-state index in [4.69, 9.17) is 16.3 Å². The van der Waals surface area contributed by atoms with Gasteiger partial charge < -0.3 is 9.64 Å². The van der Waals surface area contributed by atoms with Crippen LogP contribution in [0.2, 0.25) is 5.02 Å². The second-order valence-corrected chi connectivity index (χ2v) is 4.73. The van der Waals surface area contributed by atoms with Crippen LogP contribution >= 0.6 is 11.6 Å². The van der Waals surface area contributed by atoms with Gasteiger partial charge in [-0.25, -0.2) is 0 Å². The van der Waals surface area contributed by atoms with Crippen molar-refractivity contribution < 1.29 is 9.53 Å². The van der Waals surface area contributed by atoms with Gasteiger partial charge in [-0.3, -0.25) is 4.79 Å². The molecule has 4 heteroatoms. The van der Waals surface area contributed by atoms with Crippen LogP contribution in [0.15, 0.2) is 42.5 Å². The third-order valence-electron chi connectivity index (χ3n) is 2.79. The standard InChI is InChI=1S/C15H14ClNO2/c1-17(2)14-9-12(5-8-15(14)19-10-18)11-3-6-13(16)7-4-11/h3-10H,1-2H3. The van der Waals surface area contributed by atoms with E-state index in [1.165, 1.54) is 0 Å². The number of nitrogens with zero attached hydrogens (tertiary/aromatic N) is 1. The van der Waals surface area contributed by atoms with Gasteiger partial charge in [0.25, 0.3) is 6.47 Å². The van der Waals surface area contributed by atoms with Crippen molar-refractivity contribution in [3.63, 3.8) is 0 Å². The van der Waals surface area contributed by atoms with E-state index in [9.17, 15) is 4.79 Å². The predicted molar refractivity (Wildman–Crippen MR) is 77.9 cm³/mol. The SMILES string of the molecule is CN(C)c1cc(-c2ccc(Cl)cc2)ccc1OC=O. The highest BCUT2D eigenvalue weighted by Crippen LogP contribution is 2.32. The zero-order valence-corrected chi connectivity index (χ0v) is 11.5. The van der Waals surface area contributed by atoms with Crippen LogP contribution in [0.5, 0.6) is 5.75 Å². The van der Waals surface area contributed by atoms with Crippen molar-refractivity contribution >= 4 is 23.8 Å². The molecule has 0 radical (unpaired) electrons. The Labute approximate surface area is 117 Å². The summed E-state index contributed by atoms with van der Waals surface area (Å²) >= 11 is 5.88. The number of carbonyl (C=O) groups is 1. The van der Waals surface area contributed by atoms with E-state index in [1.807, 2.05) is 55.4 Å². The Morgan fingerprint density at radius 3 is 2.26 bits per heavy atom. The van der Waals surface area contributed by atoms with Gasteiger partial charge in [0.15, 0.2) is 5.75 Å². The maximum atomic E-state index is 10.5. The first-order chi connectivity index (χ1) is 9.11. The molecule has 0 aliphatic heterocycles. The third-order valence-corrected chi connectivity index (χ3v) is 3.05. The van der Waals surface area contributed by atoms with Crippen LogP contribution < -0.4 is 9.64 Å². The van der Waals surface area contributed by atoms with E-state index in [2.05, 4.69) is 0 Å². The number of rotatable bonds is 4. The fourth-order valence-electron chi connectivity index (χ4n) is 1.84. The van der Waals surface area contributed by atoms with Gasteiger partial charge >= 0.3 is 0 Å². The molecule has 0 amide bonds. The summed E-state index contributed by atoms with van der Waals surface area (Å²) in [7, 11) is 3.80. The fourth-order valence-corrected chi connectivity index (χ4v) is 1.97. The molecular formula is C15H14ClNO2. The van der Waals surface area contributed by atoms with E-state index < -0.39 is 0 Å². The lowest BCUT2D eigenvalue weighted by Crippen LogP contribution is -2.10. The van der Waals surface area contributed by atoms with Gasteiger partial charge in [0.1, 0.15) is 0 Å². The second kappa shape index (κ2) is 5.76. The summed E-state index contributed by atoms with van der Waals surface area (Å²) in [5.41, 5.74) is 2.95. The van der Waals surface area contributed by atoms with Crippen LogP contribution in [0.4, 0.5) is 5.69 Å². The van der Waals surface area contributed by atoms with Gasteiger partial charge in [0.05, 0.1) is 5.69 Å². The lowest BCUT2D eigenvalue weighted by molar-refractivity contribution is -0.120. The average Bonchev–Trinajstić information content (AvgIpc) is 2.40. The molecule has 19 heavy (non-hydrogen) atoms. The van der Waals surface area contributed by atoms with E-state index >= 15 is 0 Å². The number of hydrogen-bond donors (Lipinski definition) is 0. The number of hydrogen-bond acceptors (Lipinski definition) is 3. The van der Waals surface area contributed by atoms with E-state index in [1.54, 1.807) is 6.07 Å². The average molecular weight is 276 g/mol. The van der Waals surface area contributed by atoms with E-state index in [0.29, 0.717) is 17.2 Å². The van der Waals surface area contributed by atoms with Crippen molar-refractivity contribution in [3.8, 4) is 16.9 Å². The molecule has 3 nitrogen and oxygen atoms in total. The molecular weight excluding hydrogens is 262 g/mol. The molecule has 0 spiro atoms. The highest BCUT2D eigenvalue weighted by atomic mass is 35.5. The maximum absolute atomic E-state index is 10.5. The first kappa shape index (κ1) is 13.4. The minimum Gasteiger partial charge on any atom is -0.427 e. The van der Waals surface area contributed by atoms with Gasteiger partial charge in [0, 0.05) is 19.1 Å². The molecule has 0 aliphatic carbocycles. The summed E-state index contributed by atoms with van der Waals surface area (Å²) in [6.07, 6.45) is 0. The Hall–Kier alpha value is -2.00. The monoisotopic (exact) mass is 275 g/mol. The number of ether oxygens (including phenoxy) is 1. The van der Waals surface area contributed by atoms with Gasteiger partial charge in [-0.1, -0.05) is 29.8 Å². The van der Waals surface area contributed by atoms with Crippen molar-refractivity contribution in [2.75, 3.05) is 19.0 Å². The van der Waals surface area contributed by atoms with Crippen LogP contribution in [0.3, 0.4) is 0 Å². The summed E-state index contributed by atoms with van der Waals surface area (Å²) in [4.78, 5) is 12.4. The molecule has 0 saturated carbocycles. The first-order valence-electron chi connectivity index (χ1n) is 5.79. The van der Waals surface area contributed by atoms with Gasteiger partial charge in [-0.2, -0.15) is 0 Å². The number of halogens is 1. The quantitative estimate of drug-likeness (QED) is 0.799. The molecule has 0 heterocycles. The lowest BCUT2D eigenvalue weighted by Gasteiger charge is -2.17. The highest BCUT2D eigenvalue weighted by Gasteiger charge is 2.08. The summed E-state index contributed by atoms with van der Waals surface area (Å²) in [6, 6.07) is 13.3. The Bertz CT molecular complexity index is 579. The maximum Gasteiger partial charge on any atom is 0.298 e. The Morgan fingerprint density at radius 2 is 1.68 bits per heavy atom. The summed E-state index contributed by atoms with van der Waals surface area (Å²) in [5, 5.41) is 0.706. The molecule has 0 aliphatic rings. The Balaban J connectivity index is 2.45. The number of benzene rings is 2. The molecule has 0 bridgehead atoms. The van der Waals surface area contributed by atoms with Gasteiger partial charge in [-0.05, 0) is 35.4 Å². The fraction of sp³-hybridized carbons (Fsp3) is 0.133. The molecule has 0 N–H and O–H groups in total. The molecule has 0 fully saturated rings. The number of anilines is 1. The Kier molecular flexibility index (Phi) is 4.07. The van der Waals surface area contributed by atoms with Crippen LogP contribution in [0, 0.1) is 0 Å². The minimum atomic E-state index is 0.435.